The number of rotatable bonds is 7. The highest BCUT2D eigenvalue weighted by molar-refractivity contribution is 7.88. The van der Waals surface area contributed by atoms with E-state index in [1.807, 2.05) is 18.2 Å². The SMILES string of the molecule is CCCCc1cccc(CS(=O)(=O)N(C)N(O)C(C)=O)c1. The molecule has 1 N–H and O–H groups in total. The Morgan fingerprint density at radius 3 is 2.48 bits per heavy atom. The molecule has 1 rings (SSSR count). The van der Waals surface area contributed by atoms with Gasteiger partial charge < -0.3 is 0 Å². The van der Waals surface area contributed by atoms with Crippen molar-refractivity contribution in [1.82, 2.24) is 9.59 Å². The third-order valence-electron chi connectivity index (χ3n) is 3.11. The first-order valence-electron chi connectivity index (χ1n) is 6.82. The Hall–Kier alpha value is -1.44. The number of hydrogen-bond acceptors (Lipinski definition) is 4. The Labute approximate surface area is 126 Å². The highest BCUT2D eigenvalue weighted by atomic mass is 32.2. The number of amides is 1. The molecule has 7 heteroatoms. The number of carbonyl (C=O) groups excluding carboxylic acids is 1. The lowest BCUT2D eigenvalue weighted by Gasteiger charge is -2.23. The minimum absolute atomic E-state index is 0.0935. The van der Waals surface area contributed by atoms with Crippen molar-refractivity contribution in [3.05, 3.63) is 35.4 Å². The average Bonchev–Trinajstić information content (AvgIpc) is 2.43. The van der Waals surface area contributed by atoms with Crippen LogP contribution in [0.1, 0.15) is 37.8 Å². The first kappa shape index (κ1) is 17.6. The summed E-state index contributed by atoms with van der Waals surface area (Å²) < 4.78 is 24.8. The summed E-state index contributed by atoms with van der Waals surface area (Å²) in [6.07, 6.45) is 3.02. The second-order valence-corrected chi connectivity index (χ2v) is 6.90. The number of aryl methyl sites for hydroxylation is 1. The first-order chi connectivity index (χ1) is 9.77. The average molecular weight is 314 g/mol. The summed E-state index contributed by atoms with van der Waals surface area (Å²) in [5.41, 5.74) is 1.71. The number of hydrazine groups is 1. The summed E-state index contributed by atoms with van der Waals surface area (Å²) in [6, 6.07) is 7.34. The van der Waals surface area contributed by atoms with Crippen LogP contribution in [0.4, 0.5) is 0 Å². The van der Waals surface area contributed by atoms with Gasteiger partial charge in [0.15, 0.2) is 0 Å². The van der Waals surface area contributed by atoms with Crippen LogP contribution in [-0.2, 0) is 27.0 Å². The number of hydroxylamine groups is 1. The summed E-state index contributed by atoms with van der Waals surface area (Å²) in [5, 5.41) is 9.50. The fourth-order valence-electron chi connectivity index (χ4n) is 1.88. The zero-order valence-electron chi connectivity index (χ0n) is 12.6. The normalized spacial score (nSPS) is 11.7. The molecular weight excluding hydrogens is 292 g/mol. The van der Waals surface area contributed by atoms with Crippen molar-refractivity contribution in [2.24, 2.45) is 0 Å². The largest absolute Gasteiger partial charge is 0.271 e. The summed E-state index contributed by atoms with van der Waals surface area (Å²) in [7, 11) is -2.67. The molecule has 0 aromatic heterocycles. The molecule has 0 saturated heterocycles. The minimum atomic E-state index is -3.81. The summed E-state index contributed by atoms with van der Waals surface area (Å²) >= 11 is 0. The van der Waals surface area contributed by atoms with Gasteiger partial charge in [0.1, 0.15) is 0 Å². The lowest BCUT2D eigenvalue weighted by molar-refractivity contribution is -0.203. The Bertz CT molecular complexity index is 586. The second kappa shape index (κ2) is 7.53. The van der Waals surface area contributed by atoms with Gasteiger partial charge in [0.2, 0.25) is 10.0 Å². The van der Waals surface area contributed by atoms with E-state index >= 15 is 0 Å². The maximum atomic E-state index is 12.1. The van der Waals surface area contributed by atoms with Gasteiger partial charge >= 0.3 is 0 Å². The molecule has 1 amide bonds. The molecule has 1 aromatic rings. The van der Waals surface area contributed by atoms with Crippen molar-refractivity contribution in [2.45, 2.75) is 38.9 Å². The van der Waals surface area contributed by atoms with E-state index in [0.29, 0.717) is 9.98 Å². The van der Waals surface area contributed by atoms with Crippen LogP contribution in [0.15, 0.2) is 24.3 Å². The van der Waals surface area contributed by atoms with Crippen molar-refractivity contribution >= 4 is 15.9 Å². The Morgan fingerprint density at radius 2 is 1.90 bits per heavy atom. The van der Waals surface area contributed by atoms with Gasteiger partial charge in [0, 0.05) is 14.0 Å². The molecule has 0 spiro atoms. The molecular formula is C14H22N2O4S. The second-order valence-electron chi connectivity index (χ2n) is 4.92. The van der Waals surface area contributed by atoms with Crippen molar-refractivity contribution < 1.29 is 18.4 Å². The monoisotopic (exact) mass is 314 g/mol. The van der Waals surface area contributed by atoms with Crippen LogP contribution < -0.4 is 0 Å². The van der Waals surface area contributed by atoms with E-state index in [1.165, 1.54) is 0 Å². The lowest BCUT2D eigenvalue weighted by Crippen LogP contribution is -2.44. The molecule has 0 aliphatic rings. The third kappa shape index (κ3) is 5.11. The maximum Gasteiger partial charge on any atom is 0.259 e. The topological polar surface area (TPSA) is 77.9 Å². The van der Waals surface area contributed by atoms with E-state index in [1.54, 1.807) is 6.07 Å². The van der Waals surface area contributed by atoms with Crippen molar-refractivity contribution in [3.8, 4) is 0 Å². The number of carbonyl (C=O) groups is 1. The molecule has 0 atom stereocenters. The number of unbranched alkanes of at least 4 members (excludes halogenated alkanes) is 1. The van der Waals surface area contributed by atoms with Gasteiger partial charge in [-0.2, -0.15) is 0 Å². The molecule has 6 nitrogen and oxygen atoms in total. The lowest BCUT2D eigenvalue weighted by atomic mass is 10.1. The third-order valence-corrected chi connectivity index (χ3v) is 4.77. The molecule has 0 bridgehead atoms. The molecule has 1 aromatic carbocycles. The van der Waals surface area contributed by atoms with E-state index in [-0.39, 0.29) is 10.9 Å². The molecule has 0 aliphatic heterocycles. The van der Waals surface area contributed by atoms with E-state index in [2.05, 4.69) is 6.92 Å². The Kier molecular flexibility index (Phi) is 6.32. The number of sulfonamides is 1. The number of nitrogens with zero attached hydrogens (tertiary/aromatic N) is 2. The van der Waals surface area contributed by atoms with Gasteiger partial charge in [-0.15, -0.1) is 5.17 Å². The van der Waals surface area contributed by atoms with Gasteiger partial charge in [-0.1, -0.05) is 42.0 Å². The highest BCUT2D eigenvalue weighted by Gasteiger charge is 2.25. The van der Waals surface area contributed by atoms with Crippen molar-refractivity contribution in [2.75, 3.05) is 7.05 Å². The van der Waals surface area contributed by atoms with Crippen LogP contribution in [0, 0.1) is 0 Å². The van der Waals surface area contributed by atoms with Gasteiger partial charge in [0.25, 0.3) is 5.91 Å². The van der Waals surface area contributed by atoms with E-state index < -0.39 is 15.9 Å². The predicted octanol–water partition coefficient (Wildman–Crippen LogP) is 1.94. The van der Waals surface area contributed by atoms with Gasteiger partial charge in [-0.25, -0.2) is 8.42 Å². The first-order valence-corrected chi connectivity index (χ1v) is 8.42. The molecule has 0 unspecified atom stereocenters. The molecule has 0 heterocycles. The van der Waals surface area contributed by atoms with E-state index in [0.717, 1.165) is 38.8 Å². The maximum absolute atomic E-state index is 12.1. The van der Waals surface area contributed by atoms with E-state index in [9.17, 15) is 18.4 Å². The van der Waals surface area contributed by atoms with Gasteiger partial charge in [0.05, 0.1) is 5.75 Å². The van der Waals surface area contributed by atoms with Crippen LogP contribution in [-0.4, -0.2) is 36.2 Å². The van der Waals surface area contributed by atoms with E-state index in [4.69, 9.17) is 0 Å². The van der Waals surface area contributed by atoms with Crippen LogP contribution in [0.25, 0.3) is 0 Å². The van der Waals surface area contributed by atoms with Gasteiger partial charge in [-0.3, -0.25) is 10.0 Å². The summed E-state index contributed by atoms with van der Waals surface area (Å²) in [4.78, 5) is 11.0. The smallest absolute Gasteiger partial charge is 0.259 e. The molecule has 0 radical (unpaired) electrons. The fourth-order valence-corrected chi connectivity index (χ4v) is 3.01. The summed E-state index contributed by atoms with van der Waals surface area (Å²) in [6.45, 7) is 3.18. The molecule has 0 saturated carbocycles. The molecule has 118 valence electrons. The Balaban J connectivity index is 2.86. The predicted molar refractivity (Wildman–Crippen MR) is 79.7 cm³/mol. The number of benzene rings is 1. The molecule has 0 aliphatic carbocycles. The quantitative estimate of drug-likeness (QED) is 0.616. The number of hydrogen-bond donors (Lipinski definition) is 1. The van der Waals surface area contributed by atoms with Crippen LogP contribution in [0.5, 0.6) is 0 Å². The minimum Gasteiger partial charge on any atom is -0.271 e. The van der Waals surface area contributed by atoms with Crippen molar-refractivity contribution in [1.29, 1.82) is 0 Å². The summed E-state index contributed by atoms with van der Waals surface area (Å²) in [5.74, 6) is -1.04. The van der Waals surface area contributed by atoms with Gasteiger partial charge in [-0.05, 0) is 24.0 Å². The molecule has 0 fully saturated rings. The zero-order valence-corrected chi connectivity index (χ0v) is 13.4. The van der Waals surface area contributed by atoms with Crippen LogP contribution >= 0.6 is 0 Å². The highest BCUT2D eigenvalue weighted by Crippen LogP contribution is 2.14. The molecule has 21 heavy (non-hydrogen) atoms. The zero-order chi connectivity index (χ0) is 16.0. The van der Waals surface area contributed by atoms with Crippen LogP contribution in [0.2, 0.25) is 0 Å². The Morgan fingerprint density at radius 1 is 1.29 bits per heavy atom. The van der Waals surface area contributed by atoms with Crippen molar-refractivity contribution in [3.63, 3.8) is 0 Å². The van der Waals surface area contributed by atoms with Crippen LogP contribution in [0.3, 0.4) is 0 Å². The standard InChI is InChI=1S/C14H22N2O4S/c1-4-5-7-13-8-6-9-14(10-13)11-21(19,20)15(3)16(18)12(2)17/h6,8-10,18H,4-5,7,11H2,1-3H3. The fraction of sp³-hybridized carbons (Fsp3) is 0.500.